The summed E-state index contributed by atoms with van der Waals surface area (Å²) in [5.74, 6) is -0.505. The van der Waals surface area contributed by atoms with Gasteiger partial charge in [0.15, 0.2) is 0 Å². The van der Waals surface area contributed by atoms with Gasteiger partial charge in [0.2, 0.25) is 5.91 Å². The molecule has 4 nitrogen and oxygen atoms in total. The van der Waals surface area contributed by atoms with Gasteiger partial charge < -0.3 is 5.32 Å². The number of halogens is 1. The number of amides is 1. The second-order valence-electron chi connectivity index (χ2n) is 3.76. The zero-order chi connectivity index (χ0) is 12.8. The Bertz CT molecular complexity index is 454. The summed E-state index contributed by atoms with van der Waals surface area (Å²) >= 11 is 0. The summed E-state index contributed by atoms with van der Waals surface area (Å²) in [6, 6.07) is 6.01. The minimum absolute atomic E-state index is 0.123. The van der Waals surface area contributed by atoms with Crippen molar-refractivity contribution in [2.45, 2.75) is 6.54 Å². The van der Waals surface area contributed by atoms with E-state index in [4.69, 9.17) is 5.26 Å². The fraction of sp³-hybridized carbons (Fsp3) is 0.333. The van der Waals surface area contributed by atoms with Crippen molar-refractivity contribution in [2.24, 2.45) is 0 Å². The molecule has 0 saturated carbocycles. The van der Waals surface area contributed by atoms with Gasteiger partial charge in [-0.1, -0.05) is 0 Å². The van der Waals surface area contributed by atoms with Gasteiger partial charge in [-0.2, -0.15) is 5.26 Å². The van der Waals surface area contributed by atoms with Crippen molar-refractivity contribution in [1.82, 2.24) is 10.2 Å². The van der Waals surface area contributed by atoms with E-state index in [1.807, 2.05) is 6.07 Å². The first-order valence-electron chi connectivity index (χ1n) is 5.14. The van der Waals surface area contributed by atoms with E-state index in [2.05, 4.69) is 5.32 Å². The van der Waals surface area contributed by atoms with Crippen LogP contribution in [0.25, 0.3) is 0 Å². The Kier molecular flexibility index (Phi) is 4.61. The van der Waals surface area contributed by atoms with Gasteiger partial charge in [-0.25, -0.2) is 4.39 Å². The normalized spacial score (nSPS) is 10.1. The van der Waals surface area contributed by atoms with E-state index in [0.29, 0.717) is 17.7 Å². The number of likely N-dealkylation sites (N-methyl/N-ethyl adjacent to an activating group) is 2. The number of rotatable bonds is 4. The summed E-state index contributed by atoms with van der Waals surface area (Å²) in [4.78, 5) is 12.9. The molecule has 1 N–H and O–H groups in total. The number of carbonyl (C=O) groups excluding carboxylic acids is 1. The molecule has 0 saturated heterocycles. The van der Waals surface area contributed by atoms with Crippen molar-refractivity contribution in [3.8, 4) is 6.07 Å². The molecular weight excluding hydrogens is 221 g/mol. The van der Waals surface area contributed by atoms with Gasteiger partial charge >= 0.3 is 0 Å². The highest BCUT2D eigenvalue weighted by atomic mass is 19.1. The monoisotopic (exact) mass is 235 g/mol. The molecule has 90 valence electrons. The van der Waals surface area contributed by atoms with Gasteiger partial charge in [-0.15, -0.1) is 0 Å². The largest absolute Gasteiger partial charge is 0.358 e. The average molecular weight is 235 g/mol. The summed E-state index contributed by atoms with van der Waals surface area (Å²) in [5.41, 5.74) is 1.01. The van der Waals surface area contributed by atoms with Crippen LogP contribution in [0.4, 0.5) is 4.39 Å². The summed E-state index contributed by atoms with van der Waals surface area (Å²) in [6.07, 6.45) is 0. The Morgan fingerprint density at radius 1 is 1.59 bits per heavy atom. The van der Waals surface area contributed by atoms with E-state index in [0.717, 1.165) is 0 Å². The lowest BCUT2D eigenvalue weighted by molar-refractivity contribution is -0.121. The molecule has 0 heterocycles. The molecule has 1 aromatic rings. The number of carbonyl (C=O) groups is 1. The average Bonchev–Trinajstić information content (AvgIpc) is 2.29. The minimum Gasteiger partial charge on any atom is -0.358 e. The van der Waals surface area contributed by atoms with Crippen LogP contribution >= 0.6 is 0 Å². The van der Waals surface area contributed by atoms with Crippen molar-refractivity contribution in [2.75, 3.05) is 20.6 Å². The van der Waals surface area contributed by atoms with E-state index in [1.54, 1.807) is 19.0 Å². The number of hydrogen-bond donors (Lipinski definition) is 1. The van der Waals surface area contributed by atoms with Crippen LogP contribution in [0.5, 0.6) is 0 Å². The number of hydrogen-bond acceptors (Lipinski definition) is 3. The second kappa shape index (κ2) is 5.97. The minimum atomic E-state index is -0.382. The Morgan fingerprint density at radius 2 is 2.29 bits per heavy atom. The third-order valence-electron chi connectivity index (χ3n) is 2.32. The summed E-state index contributed by atoms with van der Waals surface area (Å²) < 4.78 is 13.1. The molecule has 0 aromatic heterocycles. The standard InChI is InChI=1S/C12H14FN3O/c1-15-12(17)8-16(2)7-10-5-11(13)4-3-9(10)6-14/h3-5H,7-8H2,1-2H3,(H,15,17). The maximum absolute atomic E-state index is 13.1. The highest BCUT2D eigenvalue weighted by molar-refractivity contribution is 5.77. The molecule has 1 rings (SSSR count). The van der Waals surface area contributed by atoms with Gasteiger partial charge in [-0.3, -0.25) is 9.69 Å². The summed E-state index contributed by atoms with van der Waals surface area (Å²) in [7, 11) is 3.29. The Balaban J connectivity index is 2.77. The molecule has 0 fully saturated rings. The number of nitriles is 1. The summed E-state index contributed by atoms with van der Waals surface area (Å²) in [6.45, 7) is 0.561. The lowest BCUT2D eigenvalue weighted by Gasteiger charge is -2.16. The van der Waals surface area contributed by atoms with Crippen molar-refractivity contribution in [1.29, 1.82) is 5.26 Å². The second-order valence-corrected chi connectivity index (χ2v) is 3.76. The van der Waals surface area contributed by atoms with Crippen LogP contribution in [-0.2, 0) is 11.3 Å². The molecule has 0 bridgehead atoms. The fourth-order valence-corrected chi connectivity index (χ4v) is 1.47. The highest BCUT2D eigenvalue weighted by Gasteiger charge is 2.09. The molecule has 0 aliphatic rings. The van der Waals surface area contributed by atoms with Gasteiger partial charge in [0, 0.05) is 13.6 Å². The van der Waals surface area contributed by atoms with Crippen molar-refractivity contribution in [3.63, 3.8) is 0 Å². The quantitative estimate of drug-likeness (QED) is 0.842. The highest BCUT2D eigenvalue weighted by Crippen LogP contribution is 2.12. The molecule has 0 unspecified atom stereocenters. The van der Waals surface area contributed by atoms with Crippen LogP contribution < -0.4 is 5.32 Å². The first kappa shape index (κ1) is 13.1. The van der Waals surface area contributed by atoms with Crippen LogP contribution in [0.15, 0.2) is 18.2 Å². The van der Waals surface area contributed by atoms with Gasteiger partial charge in [0.25, 0.3) is 0 Å². The zero-order valence-corrected chi connectivity index (χ0v) is 9.83. The lowest BCUT2D eigenvalue weighted by Crippen LogP contribution is -2.32. The molecule has 0 aliphatic heterocycles. The fourth-order valence-electron chi connectivity index (χ4n) is 1.47. The predicted octanol–water partition coefficient (Wildman–Crippen LogP) is 0.875. The molecule has 0 atom stereocenters. The topological polar surface area (TPSA) is 56.1 Å². The Labute approximate surface area is 99.7 Å². The van der Waals surface area contributed by atoms with Crippen LogP contribution in [-0.4, -0.2) is 31.4 Å². The maximum atomic E-state index is 13.1. The molecule has 17 heavy (non-hydrogen) atoms. The van der Waals surface area contributed by atoms with E-state index in [-0.39, 0.29) is 18.3 Å². The molecule has 1 aromatic carbocycles. The lowest BCUT2D eigenvalue weighted by atomic mass is 10.1. The number of nitrogens with one attached hydrogen (secondary N) is 1. The first-order valence-corrected chi connectivity index (χ1v) is 5.14. The van der Waals surface area contributed by atoms with E-state index in [1.165, 1.54) is 18.2 Å². The van der Waals surface area contributed by atoms with Crippen LogP contribution in [0, 0.1) is 17.1 Å². The Morgan fingerprint density at radius 3 is 2.88 bits per heavy atom. The molecule has 0 spiro atoms. The van der Waals surface area contributed by atoms with E-state index in [9.17, 15) is 9.18 Å². The molecule has 0 aliphatic carbocycles. The number of benzene rings is 1. The third-order valence-corrected chi connectivity index (χ3v) is 2.32. The van der Waals surface area contributed by atoms with Crippen molar-refractivity contribution < 1.29 is 9.18 Å². The molecule has 0 radical (unpaired) electrons. The summed E-state index contributed by atoms with van der Waals surface area (Å²) in [5, 5.41) is 11.4. The van der Waals surface area contributed by atoms with Gasteiger partial charge in [0.05, 0.1) is 18.2 Å². The number of nitrogens with zero attached hydrogens (tertiary/aromatic N) is 2. The van der Waals surface area contributed by atoms with Crippen molar-refractivity contribution in [3.05, 3.63) is 35.1 Å². The molecule has 1 amide bonds. The Hall–Kier alpha value is -1.93. The maximum Gasteiger partial charge on any atom is 0.233 e. The van der Waals surface area contributed by atoms with Gasteiger partial charge in [-0.05, 0) is 30.8 Å². The van der Waals surface area contributed by atoms with Gasteiger partial charge in [0.1, 0.15) is 5.82 Å². The zero-order valence-electron chi connectivity index (χ0n) is 9.83. The van der Waals surface area contributed by atoms with Crippen molar-refractivity contribution >= 4 is 5.91 Å². The molecular formula is C12H14FN3O. The smallest absolute Gasteiger partial charge is 0.233 e. The van der Waals surface area contributed by atoms with Crippen LogP contribution in [0.2, 0.25) is 0 Å². The SMILES string of the molecule is CNC(=O)CN(C)Cc1cc(F)ccc1C#N. The first-order chi connectivity index (χ1) is 8.06. The predicted molar refractivity (Wildman–Crippen MR) is 61.5 cm³/mol. The van der Waals surface area contributed by atoms with Crippen LogP contribution in [0.3, 0.4) is 0 Å². The molecule has 5 heteroatoms. The van der Waals surface area contributed by atoms with E-state index >= 15 is 0 Å². The third kappa shape index (κ3) is 3.85. The van der Waals surface area contributed by atoms with E-state index < -0.39 is 0 Å². The van der Waals surface area contributed by atoms with Crippen LogP contribution in [0.1, 0.15) is 11.1 Å².